The molecule has 9 rings (SSSR count). The van der Waals surface area contributed by atoms with E-state index in [9.17, 15) is 9.50 Å². The zero-order valence-corrected chi connectivity index (χ0v) is 33.2. The molecule has 294 valence electrons. The molecule has 0 saturated carbocycles. The minimum atomic E-state index is -0.817. The highest BCUT2D eigenvalue weighted by Crippen LogP contribution is 2.39. The fraction of sp³-hybridized carbons (Fsp3) is 0.289. The summed E-state index contributed by atoms with van der Waals surface area (Å²) in [5.41, 5.74) is 7.52. The number of carbonyl (C=O) groups excluding carboxylic acids is 2. The lowest BCUT2D eigenvalue weighted by atomic mass is 9.92. The Balaban J connectivity index is 0.00000455. The number of nitrogens with zero attached hydrogens (tertiary/aromatic N) is 5. The number of phenols is 1. The number of hydrogen-bond acceptors (Lipinski definition) is 5. The summed E-state index contributed by atoms with van der Waals surface area (Å²) in [5, 5.41) is 11.7. The third-order valence-corrected chi connectivity index (χ3v) is 12.1. The molecule has 0 bridgehead atoms. The van der Waals surface area contributed by atoms with Crippen LogP contribution in [0.5, 0.6) is 5.75 Å². The van der Waals surface area contributed by atoms with E-state index in [0.29, 0.717) is 68.2 Å². The van der Waals surface area contributed by atoms with Crippen LogP contribution in [0.1, 0.15) is 50.4 Å². The van der Waals surface area contributed by atoms with Crippen molar-refractivity contribution >= 4 is 58.1 Å². The molecule has 6 aromatic rings. The largest absolute Gasteiger partial charge is 0.505 e. The van der Waals surface area contributed by atoms with E-state index in [1.165, 1.54) is 17.0 Å². The van der Waals surface area contributed by atoms with Crippen LogP contribution >= 0.6 is 24.0 Å². The van der Waals surface area contributed by atoms with E-state index in [1.807, 2.05) is 89.4 Å². The van der Waals surface area contributed by atoms with Gasteiger partial charge in [0.25, 0.3) is 11.8 Å². The maximum atomic E-state index is 15.1. The van der Waals surface area contributed by atoms with Crippen LogP contribution in [0.4, 0.5) is 15.8 Å². The maximum Gasteiger partial charge on any atom is 0.264 e. The van der Waals surface area contributed by atoms with Gasteiger partial charge in [-0.1, -0.05) is 41.9 Å². The van der Waals surface area contributed by atoms with E-state index >= 15 is 9.59 Å². The van der Waals surface area contributed by atoms with Gasteiger partial charge in [-0.25, -0.2) is 4.39 Å². The van der Waals surface area contributed by atoms with Gasteiger partial charge in [-0.05, 0) is 91.4 Å². The van der Waals surface area contributed by atoms with Gasteiger partial charge in [-0.2, -0.15) is 0 Å². The summed E-state index contributed by atoms with van der Waals surface area (Å²) in [4.78, 5) is 36.0. The van der Waals surface area contributed by atoms with Gasteiger partial charge in [0.15, 0.2) is 11.6 Å². The molecule has 3 aliphatic rings. The summed E-state index contributed by atoms with van der Waals surface area (Å²) in [6.45, 7) is 4.80. The Morgan fingerprint density at radius 2 is 1.70 bits per heavy atom. The Hall–Kier alpha value is -5.13. The van der Waals surface area contributed by atoms with Crippen LogP contribution in [0.25, 0.3) is 22.2 Å². The number of carbonyl (C=O) groups is 2. The first-order chi connectivity index (χ1) is 27.2. The summed E-state index contributed by atoms with van der Waals surface area (Å²) in [7, 11) is 1.96. The number of aromatic nitrogens is 2. The zero-order chi connectivity index (χ0) is 38.5. The predicted octanol–water partition coefficient (Wildman–Crippen LogP) is 8.78. The quantitative estimate of drug-likeness (QED) is 0.175. The van der Waals surface area contributed by atoms with Crippen LogP contribution in [0, 0.1) is 5.82 Å². The minimum Gasteiger partial charge on any atom is -0.505 e. The second-order valence-electron chi connectivity index (χ2n) is 15.1. The number of amides is 2. The van der Waals surface area contributed by atoms with Gasteiger partial charge >= 0.3 is 0 Å². The van der Waals surface area contributed by atoms with E-state index in [0.717, 1.165) is 69.9 Å². The zero-order valence-electron chi connectivity index (χ0n) is 31.7. The van der Waals surface area contributed by atoms with Crippen LogP contribution < -0.4 is 4.90 Å². The molecule has 0 spiro atoms. The van der Waals surface area contributed by atoms with Crippen molar-refractivity contribution in [1.29, 1.82) is 0 Å². The molecule has 0 radical (unpaired) electrons. The molecule has 57 heavy (non-hydrogen) atoms. The molecule has 2 aromatic heterocycles. The molecular formula is C45H44Cl2FN5O4. The van der Waals surface area contributed by atoms with Gasteiger partial charge in [0.1, 0.15) is 0 Å². The molecule has 1 atom stereocenters. The summed E-state index contributed by atoms with van der Waals surface area (Å²) in [6, 6.07) is 27.2. The minimum absolute atomic E-state index is 0. The molecule has 1 fully saturated rings. The number of ether oxygens (including phenoxy) is 1. The first kappa shape index (κ1) is 38.7. The Morgan fingerprint density at radius 3 is 2.53 bits per heavy atom. The van der Waals surface area contributed by atoms with Gasteiger partial charge in [0.2, 0.25) is 0 Å². The van der Waals surface area contributed by atoms with Crippen molar-refractivity contribution in [3.8, 4) is 17.0 Å². The van der Waals surface area contributed by atoms with Gasteiger partial charge in [-0.3, -0.25) is 19.4 Å². The predicted molar refractivity (Wildman–Crippen MR) is 224 cm³/mol. The van der Waals surface area contributed by atoms with Crippen LogP contribution in [-0.2, 0) is 37.7 Å². The van der Waals surface area contributed by atoms with Crippen molar-refractivity contribution in [3.63, 3.8) is 0 Å². The van der Waals surface area contributed by atoms with E-state index in [-0.39, 0.29) is 30.3 Å². The summed E-state index contributed by atoms with van der Waals surface area (Å²) in [5.74, 6) is -1.69. The third kappa shape index (κ3) is 7.20. The summed E-state index contributed by atoms with van der Waals surface area (Å²) < 4.78 is 24.8. The molecule has 1 N–H and O–H groups in total. The molecule has 0 aliphatic carbocycles. The van der Waals surface area contributed by atoms with Gasteiger partial charge in [0.05, 0.1) is 24.5 Å². The third-order valence-electron chi connectivity index (χ3n) is 11.7. The average Bonchev–Trinajstić information content (AvgIpc) is 3.79. The lowest BCUT2D eigenvalue weighted by molar-refractivity contribution is 0.0193. The van der Waals surface area contributed by atoms with Gasteiger partial charge in [-0.15, -0.1) is 12.4 Å². The van der Waals surface area contributed by atoms with Crippen LogP contribution in [0.2, 0.25) is 5.02 Å². The Kier molecular flexibility index (Phi) is 10.9. The van der Waals surface area contributed by atoms with Crippen molar-refractivity contribution in [3.05, 3.63) is 136 Å². The maximum absolute atomic E-state index is 15.1. The fourth-order valence-electron chi connectivity index (χ4n) is 8.80. The Morgan fingerprint density at radius 1 is 0.912 bits per heavy atom. The normalized spacial score (nSPS) is 16.8. The molecule has 3 aliphatic heterocycles. The molecular weight excluding hydrogens is 764 g/mol. The number of phenolic OH excluding ortho intramolecular Hbond substituents is 1. The highest BCUT2D eigenvalue weighted by atomic mass is 35.5. The summed E-state index contributed by atoms with van der Waals surface area (Å²) >= 11 is 6.74. The lowest BCUT2D eigenvalue weighted by Gasteiger charge is -2.41. The topological polar surface area (TPSA) is 83.2 Å². The van der Waals surface area contributed by atoms with Crippen LogP contribution in [-0.4, -0.2) is 74.7 Å². The van der Waals surface area contributed by atoms with E-state index < -0.39 is 11.6 Å². The van der Waals surface area contributed by atoms with Gasteiger partial charge < -0.3 is 23.9 Å². The summed E-state index contributed by atoms with van der Waals surface area (Å²) in [6.07, 6.45) is 5.13. The Labute approximate surface area is 342 Å². The standard InChI is InChI=1S/C45H43ClFN5O4.ClH/c1-48-18-16-29-23-31(12-14-40(29)48)52(32-13-15-43(53)39(47)25-32)45(55)37-26-42(50-17-5-4-11-41(37)50)34-8-2-3-9-35(34)44(54)51-27-30-7-6-10-38(46)36(30)24-33(51)28-49-19-21-56-22-20-49;/h2-3,6-10,12-16,18,23,25-26,33,53H,4-5,11,17,19-22,24,27-28H2,1H3;1H/t33-;/m0./s1. The smallest absolute Gasteiger partial charge is 0.264 e. The molecule has 5 heterocycles. The van der Waals surface area contributed by atoms with E-state index in [4.69, 9.17) is 16.3 Å². The number of hydrogen-bond donors (Lipinski definition) is 1. The molecule has 0 unspecified atom stereocenters. The monoisotopic (exact) mass is 807 g/mol. The highest BCUT2D eigenvalue weighted by Gasteiger charge is 2.35. The number of morpholine rings is 1. The Bertz CT molecular complexity index is 2490. The number of benzene rings is 4. The number of halogens is 3. The van der Waals surface area contributed by atoms with Crippen molar-refractivity contribution in [2.45, 2.75) is 44.8 Å². The number of anilines is 2. The fourth-order valence-corrected chi connectivity index (χ4v) is 9.07. The second kappa shape index (κ2) is 16.0. The first-order valence-corrected chi connectivity index (χ1v) is 19.7. The number of aryl methyl sites for hydroxylation is 1. The molecule has 2 amide bonds. The first-order valence-electron chi connectivity index (χ1n) is 19.3. The molecule has 1 saturated heterocycles. The average molecular weight is 809 g/mol. The van der Waals surface area contributed by atoms with Crippen molar-refractivity contribution in [2.24, 2.45) is 7.05 Å². The number of rotatable bonds is 7. The molecule has 4 aromatic carbocycles. The van der Waals surface area contributed by atoms with Crippen molar-refractivity contribution in [2.75, 3.05) is 37.7 Å². The lowest BCUT2D eigenvalue weighted by Crippen LogP contribution is -2.52. The van der Waals surface area contributed by atoms with Crippen LogP contribution in [0.15, 0.2) is 97.2 Å². The van der Waals surface area contributed by atoms with Crippen LogP contribution in [0.3, 0.4) is 0 Å². The highest BCUT2D eigenvalue weighted by molar-refractivity contribution is 6.31. The van der Waals surface area contributed by atoms with Crippen molar-refractivity contribution < 1.29 is 23.8 Å². The molecule has 12 heteroatoms. The number of fused-ring (bicyclic) bond motifs is 3. The van der Waals surface area contributed by atoms with Crippen molar-refractivity contribution in [1.82, 2.24) is 18.9 Å². The van der Waals surface area contributed by atoms with E-state index in [2.05, 4.69) is 15.5 Å². The van der Waals surface area contributed by atoms with E-state index in [1.54, 1.807) is 6.07 Å². The second-order valence-corrected chi connectivity index (χ2v) is 15.5. The number of aromatic hydroxyl groups is 1. The van der Waals surface area contributed by atoms with Gasteiger partial charge in [0, 0.05) is 102 Å². The molecule has 9 nitrogen and oxygen atoms in total. The SMILES string of the molecule is Cl.Cn1ccc2cc(N(C(=O)c3cc(-c4ccccc4C(=O)N4Cc5cccc(Cl)c5C[C@H]4CN4CCOCC4)n4c3CCCC4)c3ccc(O)c(F)c3)ccc21.